The van der Waals surface area contributed by atoms with Crippen LogP contribution in [0.5, 0.6) is 0 Å². The van der Waals surface area contributed by atoms with Crippen LogP contribution in [0.3, 0.4) is 0 Å². The van der Waals surface area contributed by atoms with Gasteiger partial charge < -0.3 is 10.4 Å². The van der Waals surface area contributed by atoms with E-state index in [9.17, 15) is 19.7 Å². The minimum Gasteiger partial charge on any atom is -0.480 e. The molecule has 8 heteroatoms. The van der Waals surface area contributed by atoms with Gasteiger partial charge in [0.2, 0.25) is 0 Å². The average Bonchev–Trinajstić information content (AvgIpc) is 2.78. The number of carboxylic acid groups (broad SMARTS) is 1. The highest BCUT2D eigenvalue weighted by molar-refractivity contribution is 7.13. The third kappa shape index (κ3) is 3.50. The molecule has 0 aliphatic carbocycles. The van der Waals surface area contributed by atoms with Crippen LogP contribution in [0, 0.1) is 10.1 Å². The predicted molar refractivity (Wildman–Crippen MR) is 69.4 cm³/mol. The predicted octanol–water partition coefficient (Wildman–Crippen LogP) is 2.03. The van der Waals surface area contributed by atoms with E-state index in [1.807, 2.05) is 6.92 Å². The molecule has 0 aliphatic rings. The lowest BCUT2D eigenvalue weighted by Gasteiger charge is -2.25. The molecule has 1 amide bonds. The summed E-state index contributed by atoms with van der Waals surface area (Å²) in [4.78, 5) is 33.0. The van der Waals surface area contributed by atoms with Gasteiger partial charge in [-0.1, -0.05) is 24.7 Å². The Morgan fingerprint density at radius 3 is 2.63 bits per heavy atom. The molecule has 0 aliphatic heterocycles. The number of nitrogens with zero attached hydrogens (tertiary/aromatic N) is 1. The molecule has 104 valence electrons. The van der Waals surface area contributed by atoms with E-state index in [0.29, 0.717) is 6.42 Å². The number of nitrogens with one attached hydrogen (secondary N) is 1. The third-order valence-corrected chi connectivity index (χ3v) is 3.52. The maximum atomic E-state index is 11.9. The number of carbonyl (C=O) groups excluding carboxylic acids is 1. The molecule has 0 fully saturated rings. The molecular formula is C11H14N2O5S. The van der Waals surface area contributed by atoms with Crippen molar-refractivity contribution < 1.29 is 19.6 Å². The van der Waals surface area contributed by atoms with E-state index in [4.69, 9.17) is 5.11 Å². The second-order valence-corrected chi connectivity index (χ2v) is 5.16. The van der Waals surface area contributed by atoms with Gasteiger partial charge in [-0.3, -0.25) is 14.9 Å². The van der Waals surface area contributed by atoms with Crippen LogP contribution in [0.4, 0.5) is 5.00 Å². The second kappa shape index (κ2) is 5.79. The molecule has 19 heavy (non-hydrogen) atoms. The molecule has 1 heterocycles. The number of amides is 1. The second-order valence-electron chi connectivity index (χ2n) is 4.27. The number of rotatable bonds is 6. The fraction of sp³-hybridized carbons (Fsp3) is 0.455. The number of thiophene rings is 1. The Morgan fingerprint density at radius 2 is 2.21 bits per heavy atom. The molecule has 1 atom stereocenters. The Hall–Kier alpha value is -1.96. The molecule has 1 rings (SSSR count). The Balaban J connectivity index is 2.87. The summed E-state index contributed by atoms with van der Waals surface area (Å²) in [5.74, 6) is -1.75. The maximum absolute atomic E-state index is 11.9. The average molecular weight is 286 g/mol. The van der Waals surface area contributed by atoms with Gasteiger partial charge in [-0.15, -0.1) is 0 Å². The molecule has 0 saturated carbocycles. The van der Waals surface area contributed by atoms with E-state index >= 15 is 0 Å². The van der Waals surface area contributed by atoms with Gasteiger partial charge in [-0.2, -0.15) is 0 Å². The Kier molecular flexibility index (Phi) is 4.60. The van der Waals surface area contributed by atoms with Crippen molar-refractivity contribution in [1.29, 1.82) is 0 Å². The van der Waals surface area contributed by atoms with Crippen molar-refractivity contribution in [2.75, 3.05) is 0 Å². The first-order valence-corrected chi connectivity index (χ1v) is 6.47. The smallest absolute Gasteiger partial charge is 0.329 e. The summed E-state index contributed by atoms with van der Waals surface area (Å²) < 4.78 is 0. The molecule has 1 aromatic heterocycles. The largest absolute Gasteiger partial charge is 0.480 e. The van der Waals surface area contributed by atoms with E-state index in [2.05, 4.69) is 5.32 Å². The fourth-order valence-electron chi connectivity index (χ4n) is 1.59. The Labute approximate surface area is 113 Å². The first-order valence-electron chi connectivity index (χ1n) is 5.59. The number of hydrogen-bond acceptors (Lipinski definition) is 5. The normalized spacial score (nSPS) is 13.6. The Morgan fingerprint density at radius 1 is 1.58 bits per heavy atom. The van der Waals surface area contributed by atoms with Gasteiger partial charge in [0.05, 0.1) is 10.5 Å². The van der Waals surface area contributed by atoms with E-state index < -0.39 is 22.3 Å². The zero-order chi connectivity index (χ0) is 14.6. The van der Waals surface area contributed by atoms with Crippen molar-refractivity contribution in [2.45, 2.75) is 32.2 Å². The first kappa shape index (κ1) is 15.1. The number of carbonyl (C=O) groups is 2. The highest BCUT2D eigenvalue weighted by Crippen LogP contribution is 2.23. The van der Waals surface area contributed by atoms with E-state index in [1.54, 1.807) is 0 Å². The van der Waals surface area contributed by atoms with E-state index in [1.165, 1.54) is 12.3 Å². The van der Waals surface area contributed by atoms with Crippen LogP contribution < -0.4 is 5.32 Å². The van der Waals surface area contributed by atoms with Crippen molar-refractivity contribution in [1.82, 2.24) is 5.32 Å². The SMILES string of the molecule is CCCC(C)(NC(=O)c1csc([N+](=O)[O-])c1)C(=O)O. The Bertz CT molecular complexity index is 513. The summed E-state index contributed by atoms with van der Waals surface area (Å²) in [6, 6.07) is 1.13. The zero-order valence-corrected chi connectivity index (χ0v) is 11.3. The van der Waals surface area contributed by atoms with Crippen LogP contribution in [0.2, 0.25) is 0 Å². The number of carboxylic acids is 1. The fourth-order valence-corrected chi connectivity index (χ4v) is 2.29. The van der Waals surface area contributed by atoms with Crippen LogP contribution in [0.15, 0.2) is 11.4 Å². The number of hydrogen-bond donors (Lipinski definition) is 2. The lowest BCUT2D eigenvalue weighted by Crippen LogP contribution is -2.52. The molecule has 0 radical (unpaired) electrons. The molecular weight excluding hydrogens is 272 g/mol. The molecule has 0 bridgehead atoms. The van der Waals surface area contributed by atoms with Gasteiger partial charge >= 0.3 is 11.0 Å². The molecule has 1 unspecified atom stereocenters. The summed E-state index contributed by atoms with van der Waals surface area (Å²) in [5.41, 5.74) is -1.27. The van der Waals surface area contributed by atoms with Crippen LogP contribution in [0.25, 0.3) is 0 Å². The summed E-state index contributed by atoms with van der Waals surface area (Å²) in [7, 11) is 0. The van der Waals surface area contributed by atoms with Crippen molar-refractivity contribution in [3.8, 4) is 0 Å². The van der Waals surface area contributed by atoms with E-state index in [0.717, 1.165) is 17.4 Å². The van der Waals surface area contributed by atoms with Gasteiger partial charge in [0.1, 0.15) is 5.54 Å². The minimum atomic E-state index is -1.37. The molecule has 1 aromatic rings. The zero-order valence-electron chi connectivity index (χ0n) is 10.5. The van der Waals surface area contributed by atoms with Gasteiger partial charge in [0.15, 0.2) is 0 Å². The van der Waals surface area contributed by atoms with Crippen LogP contribution in [-0.2, 0) is 4.79 Å². The van der Waals surface area contributed by atoms with E-state index in [-0.39, 0.29) is 17.0 Å². The van der Waals surface area contributed by atoms with Crippen LogP contribution >= 0.6 is 11.3 Å². The number of nitro groups is 1. The van der Waals surface area contributed by atoms with Crippen LogP contribution in [-0.4, -0.2) is 27.4 Å². The summed E-state index contributed by atoms with van der Waals surface area (Å²) in [6.07, 6.45) is 0.868. The topological polar surface area (TPSA) is 110 Å². The highest BCUT2D eigenvalue weighted by atomic mass is 32.1. The van der Waals surface area contributed by atoms with Crippen molar-refractivity contribution in [2.24, 2.45) is 0 Å². The lowest BCUT2D eigenvalue weighted by molar-refractivity contribution is -0.380. The standard InChI is InChI=1S/C11H14N2O5S/c1-3-4-11(2,10(15)16)12-9(14)7-5-8(13(17)18)19-6-7/h5-6H,3-4H2,1-2H3,(H,12,14)(H,15,16). The van der Waals surface area contributed by atoms with Gasteiger partial charge in [0.25, 0.3) is 5.91 Å². The summed E-state index contributed by atoms with van der Waals surface area (Å²) in [5, 5.41) is 23.2. The molecule has 2 N–H and O–H groups in total. The van der Waals surface area contributed by atoms with Crippen molar-refractivity contribution >= 4 is 28.2 Å². The minimum absolute atomic E-state index is 0.0975. The molecule has 7 nitrogen and oxygen atoms in total. The molecule has 0 aromatic carbocycles. The van der Waals surface area contributed by atoms with Crippen molar-refractivity contribution in [3.05, 3.63) is 27.1 Å². The quantitative estimate of drug-likeness (QED) is 0.614. The molecule has 0 saturated heterocycles. The third-order valence-electron chi connectivity index (χ3n) is 2.64. The van der Waals surface area contributed by atoms with Crippen molar-refractivity contribution in [3.63, 3.8) is 0 Å². The lowest BCUT2D eigenvalue weighted by atomic mass is 9.96. The van der Waals surface area contributed by atoms with Crippen LogP contribution in [0.1, 0.15) is 37.0 Å². The summed E-state index contributed by atoms with van der Waals surface area (Å²) >= 11 is 0.826. The first-order chi connectivity index (χ1) is 8.80. The number of aliphatic carboxylic acids is 1. The van der Waals surface area contributed by atoms with Gasteiger partial charge in [-0.05, 0) is 13.3 Å². The van der Waals surface area contributed by atoms with Gasteiger partial charge in [-0.25, -0.2) is 4.79 Å². The maximum Gasteiger partial charge on any atom is 0.329 e. The molecule has 0 spiro atoms. The monoisotopic (exact) mass is 286 g/mol. The van der Waals surface area contributed by atoms with Gasteiger partial charge in [0, 0.05) is 11.4 Å². The summed E-state index contributed by atoms with van der Waals surface area (Å²) in [6.45, 7) is 3.22. The highest BCUT2D eigenvalue weighted by Gasteiger charge is 2.34.